The monoisotopic (exact) mass is 355 g/mol. The first-order valence-electron chi connectivity index (χ1n) is 7.21. The van der Waals surface area contributed by atoms with Crippen LogP contribution in [0.2, 0.25) is 0 Å². The largest absolute Gasteiger partial charge is 0.495 e. The Labute approximate surface area is 140 Å². The zero-order chi connectivity index (χ0) is 18.1. The Balaban J connectivity index is 2.46. The minimum Gasteiger partial charge on any atom is -0.495 e. The highest BCUT2D eigenvalue weighted by Gasteiger charge is 2.21. The van der Waals surface area contributed by atoms with Gasteiger partial charge in [-0.25, -0.2) is 17.2 Å². The van der Waals surface area contributed by atoms with Crippen LogP contribution in [0, 0.1) is 11.6 Å². The van der Waals surface area contributed by atoms with Gasteiger partial charge in [0.05, 0.1) is 17.7 Å². The molecular weight excluding hydrogens is 336 g/mol. The van der Waals surface area contributed by atoms with Crippen LogP contribution in [0.4, 0.5) is 14.5 Å². The van der Waals surface area contributed by atoms with E-state index in [2.05, 4.69) is 4.72 Å². The second kappa shape index (κ2) is 6.39. The Bertz CT molecular complexity index is 859. The Morgan fingerprint density at radius 2 is 1.67 bits per heavy atom. The molecule has 0 saturated carbocycles. The van der Waals surface area contributed by atoms with E-state index in [1.165, 1.54) is 7.11 Å². The maximum absolute atomic E-state index is 13.3. The first kappa shape index (κ1) is 18.2. The number of hydrogen-bond donors (Lipinski definition) is 1. The van der Waals surface area contributed by atoms with Crippen LogP contribution < -0.4 is 9.46 Å². The molecule has 4 nitrogen and oxygen atoms in total. The number of nitrogens with one attached hydrogen (secondary N) is 1. The number of hydrogen-bond acceptors (Lipinski definition) is 3. The molecule has 7 heteroatoms. The number of methoxy groups -OCH3 is 1. The van der Waals surface area contributed by atoms with E-state index in [-0.39, 0.29) is 16.0 Å². The summed E-state index contributed by atoms with van der Waals surface area (Å²) in [4.78, 5) is -0.371. The van der Waals surface area contributed by atoms with E-state index in [4.69, 9.17) is 4.74 Å². The number of halogens is 2. The van der Waals surface area contributed by atoms with Crippen LogP contribution in [-0.2, 0) is 15.4 Å². The normalized spacial score (nSPS) is 12.1. The van der Waals surface area contributed by atoms with Crippen molar-refractivity contribution in [2.24, 2.45) is 0 Å². The molecule has 130 valence electrons. The summed E-state index contributed by atoms with van der Waals surface area (Å²) in [6, 6.07) is 7.57. The van der Waals surface area contributed by atoms with Crippen LogP contribution in [0.5, 0.6) is 5.75 Å². The molecule has 0 aliphatic carbocycles. The van der Waals surface area contributed by atoms with Crippen molar-refractivity contribution in [1.82, 2.24) is 0 Å². The van der Waals surface area contributed by atoms with E-state index in [1.54, 1.807) is 12.1 Å². The van der Waals surface area contributed by atoms with Crippen molar-refractivity contribution in [3.05, 3.63) is 53.6 Å². The van der Waals surface area contributed by atoms with Crippen LogP contribution in [-0.4, -0.2) is 15.5 Å². The van der Waals surface area contributed by atoms with Crippen molar-refractivity contribution in [2.75, 3.05) is 11.8 Å². The molecule has 0 aromatic heterocycles. The molecule has 0 radical (unpaired) electrons. The summed E-state index contributed by atoms with van der Waals surface area (Å²) < 4.78 is 58.8. The van der Waals surface area contributed by atoms with Crippen LogP contribution in [0.1, 0.15) is 26.3 Å². The third-order valence-corrected chi connectivity index (χ3v) is 4.87. The van der Waals surface area contributed by atoms with E-state index >= 15 is 0 Å². The predicted molar refractivity (Wildman–Crippen MR) is 88.9 cm³/mol. The lowest BCUT2D eigenvalue weighted by atomic mass is 9.87. The highest BCUT2D eigenvalue weighted by atomic mass is 32.2. The lowest BCUT2D eigenvalue weighted by molar-refractivity contribution is 0.416. The zero-order valence-corrected chi connectivity index (χ0v) is 14.7. The van der Waals surface area contributed by atoms with Gasteiger partial charge in [0, 0.05) is 0 Å². The Morgan fingerprint density at radius 1 is 1.00 bits per heavy atom. The van der Waals surface area contributed by atoms with Gasteiger partial charge in [-0.1, -0.05) is 26.8 Å². The number of rotatable bonds is 4. The number of benzene rings is 2. The molecule has 0 spiro atoms. The summed E-state index contributed by atoms with van der Waals surface area (Å²) in [5, 5.41) is 0. The number of ether oxygens (including phenoxy) is 1. The molecule has 0 amide bonds. The van der Waals surface area contributed by atoms with E-state index < -0.39 is 21.7 Å². The van der Waals surface area contributed by atoms with Gasteiger partial charge in [0.2, 0.25) is 0 Å². The number of sulfonamides is 1. The molecular formula is C17H19F2NO3S. The van der Waals surface area contributed by atoms with Crippen LogP contribution in [0.3, 0.4) is 0 Å². The van der Waals surface area contributed by atoms with E-state index in [9.17, 15) is 17.2 Å². The average Bonchev–Trinajstić information content (AvgIpc) is 2.48. The van der Waals surface area contributed by atoms with Crippen molar-refractivity contribution in [3.8, 4) is 5.75 Å². The second-order valence-corrected chi connectivity index (χ2v) is 8.03. The van der Waals surface area contributed by atoms with Crippen LogP contribution >= 0.6 is 0 Å². The molecule has 0 fully saturated rings. The van der Waals surface area contributed by atoms with Gasteiger partial charge in [-0.3, -0.25) is 4.72 Å². The number of anilines is 1. The smallest absolute Gasteiger partial charge is 0.262 e. The minimum atomic E-state index is -4.08. The maximum Gasteiger partial charge on any atom is 0.262 e. The molecule has 2 aromatic carbocycles. The van der Waals surface area contributed by atoms with Gasteiger partial charge < -0.3 is 4.74 Å². The fraction of sp³-hybridized carbons (Fsp3) is 0.294. The molecule has 2 rings (SSSR count). The molecule has 0 bridgehead atoms. The molecule has 0 unspecified atom stereocenters. The van der Waals surface area contributed by atoms with E-state index in [0.29, 0.717) is 11.8 Å². The Kier molecular flexibility index (Phi) is 4.85. The average molecular weight is 355 g/mol. The van der Waals surface area contributed by atoms with E-state index in [0.717, 1.165) is 17.7 Å². The quantitative estimate of drug-likeness (QED) is 0.899. The fourth-order valence-corrected chi connectivity index (χ4v) is 3.17. The highest BCUT2D eigenvalue weighted by molar-refractivity contribution is 7.92. The summed E-state index contributed by atoms with van der Waals surface area (Å²) in [5.74, 6) is -2.01. The summed E-state index contributed by atoms with van der Waals surface area (Å²) >= 11 is 0. The molecule has 2 aromatic rings. The molecule has 0 aliphatic rings. The third kappa shape index (κ3) is 3.84. The van der Waals surface area contributed by atoms with Gasteiger partial charge in [-0.15, -0.1) is 0 Å². The maximum atomic E-state index is 13.3. The Morgan fingerprint density at radius 3 is 2.21 bits per heavy atom. The lowest BCUT2D eigenvalue weighted by Gasteiger charge is -2.21. The van der Waals surface area contributed by atoms with Crippen LogP contribution in [0.25, 0.3) is 0 Å². The molecule has 0 atom stereocenters. The lowest BCUT2D eigenvalue weighted by Crippen LogP contribution is -2.16. The van der Waals surface area contributed by atoms with Crippen molar-refractivity contribution < 1.29 is 21.9 Å². The van der Waals surface area contributed by atoms with Crippen molar-refractivity contribution >= 4 is 15.7 Å². The second-order valence-electron chi connectivity index (χ2n) is 6.35. The zero-order valence-electron chi connectivity index (χ0n) is 13.9. The minimum absolute atomic E-state index is 0.200. The summed E-state index contributed by atoms with van der Waals surface area (Å²) in [7, 11) is -2.67. The molecule has 0 aliphatic heterocycles. The van der Waals surface area contributed by atoms with Crippen molar-refractivity contribution in [3.63, 3.8) is 0 Å². The Hall–Kier alpha value is -2.15. The van der Waals surface area contributed by atoms with Crippen LogP contribution in [0.15, 0.2) is 41.3 Å². The van der Waals surface area contributed by atoms with Gasteiger partial charge in [0.15, 0.2) is 11.6 Å². The van der Waals surface area contributed by atoms with Gasteiger partial charge in [-0.2, -0.15) is 0 Å². The molecule has 1 N–H and O–H groups in total. The summed E-state index contributed by atoms with van der Waals surface area (Å²) in [6.07, 6.45) is 0. The molecule has 24 heavy (non-hydrogen) atoms. The fourth-order valence-electron chi connectivity index (χ4n) is 2.10. The first-order valence-corrected chi connectivity index (χ1v) is 8.69. The first-order chi connectivity index (χ1) is 11.0. The predicted octanol–water partition coefficient (Wildman–Crippen LogP) is 4.07. The molecule has 0 heterocycles. The third-order valence-electron chi connectivity index (χ3n) is 3.51. The van der Waals surface area contributed by atoms with Gasteiger partial charge in [0.1, 0.15) is 5.75 Å². The molecule has 0 saturated heterocycles. The summed E-state index contributed by atoms with van der Waals surface area (Å²) in [5.41, 5.74) is 0.926. The van der Waals surface area contributed by atoms with Crippen molar-refractivity contribution in [2.45, 2.75) is 31.1 Å². The topological polar surface area (TPSA) is 55.4 Å². The van der Waals surface area contributed by atoms with Gasteiger partial charge >= 0.3 is 0 Å². The standard InChI is InChI=1S/C17H19F2NO3S/c1-17(2,3)11-5-8-16(23-4)15(9-11)20-24(21,22)12-6-7-13(18)14(19)10-12/h5-10,20H,1-4H3. The summed E-state index contributed by atoms with van der Waals surface area (Å²) in [6.45, 7) is 5.97. The SMILES string of the molecule is COc1ccc(C(C)(C)C)cc1NS(=O)(=O)c1ccc(F)c(F)c1. The van der Waals surface area contributed by atoms with E-state index in [1.807, 2.05) is 26.8 Å². The van der Waals surface area contributed by atoms with Gasteiger partial charge in [0.25, 0.3) is 10.0 Å². The van der Waals surface area contributed by atoms with Gasteiger partial charge in [-0.05, 0) is 41.3 Å². The van der Waals surface area contributed by atoms with Crippen molar-refractivity contribution in [1.29, 1.82) is 0 Å². The highest BCUT2D eigenvalue weighted by Crippen LogP contribution is 2.32.